The van der Waals surface area contributed by atoms with Gasteiger partial charge in [0, 0.05) is 17.0 Å². The van der Waals surface area contributed by atoms with E-state index in [-0.39, 0.29) is 46.6 Å². The van der Waals surface area contributed by atoms with Crippen molar-refractivity contribution in [3.05, 3.63) is 76.2 Å². The molecule has 0 fully saturated rings. The van der Waals surface area contributed by atoms with E-state index >= 15 is 0 Å². The number of rotatable bonds is 6. The van der Waals surface area contributed by atoms with Crippen LogP contribution in [0.25, 0.3) is 5.69 Å². The molecule has 2 amide bonds. The van der Waals surface area contributed by atoms with Crippen molar-refractivity contribution >= 4 is 29.4 Å². The Morgan fingerprint density at radius 2 is 1.87 bits per heavy atom. The zero-order valence-electron chi connectivity index (χ0n) is 23.3. The molecular weight excluding hydrogens is 499 g/mol. The van der Waals surface area contributed by atoms with Gasteiger partial charge in [-0.3, -0.25) is 14.5 Å². The third-order valence-electron chi connectivity index (χ3n) is 7.10. The van der Waals surface area contributed by atoms with Crippen molar-refractivity contribution in [2.24, 2.45) is 0 Å². The van der Waals surface area contributed by atoms with Gasteiger partial charge in [-0.2, -0.15) is 5.10 Å². The topological polar surface area (TPSA) is 67.2 Å². The Morgan fingerprint density at radius 3 is 2.50 bits per heavy atom. The summed E-state index contributed by atoms with van der Waals surface area (Å²) in [6, 6.07) is 12.5. The molecule has 3 aromatic rings. The lowest BCUT2D eigenvalue weighted by Crippen LogP contribution is -2.44. The van der Waals surface area contributed by atoms with Crippen LogP contribution in [-0.2, 0) is 15.0 Å². The van der Waals surface area contributed by atoms with Gasteiger partial charge >= 0.3 is 0 Å². The van der Waals surface area contributed by atoms with Crippen LogP contribution in [0.2, 0.25) is 0 Å². The first kappa shape index (κ1) is 27.9. The fourth-order valence-corrected chi connectivity index (χ4v) is 5.87. The maximum absolute atomic E-state index is 13.9. The molecule has 2 heterocycles. The second-order valence-corrected chi connectivity index (χ2v) is 12.2. The Morgan fingerprint density at radius 1 is 1.18 bits per heavy atom. The number of carbonyl (C=O) groups is 2. The molecule has 6 nitrogen and oxygen atoms in total. The minimum Gasteiger partial charge on any atom is -0.352 e. The molecule has 0 unspecified atom stereocenters. The quantitative estimate of drug-likeness (QED) is 0.419. The molecular formula is C30H37FN4O2S. The number of halogens is 1. The number of hydrogen-bond donors (Lipinski definition) is 1. The molecule has 0 saturated carbocycles. The standard InChI is InChI=1S/C30H37FN4O2S/c1-8-19(3)32-24(36)16-34-25(37)17-38-27(21-12-14-22(31)15-13-21)26-28(30(5,6)7)33-35(29(26)34)23-11-9-10-18(2)20(23)4/h9-15,19,27H,8,16-17H2,1-7H3,(H,32,36)/t19-,27-/m1/s1. The molecule has 0 bridgehead atoms. The van der Waals surface area contributed by atoms with Gasteiger partial charge in [0.05, 0.1) is 22.4 Å². The Balaban J connectivity index is 2.02. The Kier molecular flexibility index (Phi) is 8.02. The molecule has 202 valence electrons. The largest absolute Gasteiger partial charge is 0.352 e. The van der Waals surface area contributed by atoms with Crippen molar-refractivity contribution in [3.63, 3.8) is 0 Å². The van der Waals surface area contributed by atoms with Gasteiger partial charge in [0.15, 0.2) is 0 Å². The zero-order chi connectivity index (χ0) is 27.8. The minimum absolute atomic E-state index is 0.000506. The Bertz CT molecular complexity index is 1340. The zero-order valence-corrected chi connectivity index (χ0v) is 24.1. The fraction of sp³-hybridized carbons (Fsp3) is 0.433. The first-order valence-electron chi connectivity index (χ1n) is 13.1. The van der Waals surface area contributed by atoms with Crippen molar-refractivity contribution in [2.75, 3.05) is 17.2 Å². The van der Waals surface area contributed by atoms with Crippen LogP contribution in [0, 0.1) is 19.7 Å². The van der Waals surface area contributed by atoms with Gasteiger partial charge in [-0.1, -0.05) is 52.0 Å². The summed E-state index contributed by atoms with van der Waals surface area (Å²) in [5, 5.41) is 7.89. The molecule has 38 heavy (non-hydrogen) atoms. The predicted molar refractivity (Wildman–Crippen MR) is 153 cm³/mol. The highest BCUT2D eigenvalue weighted by molar-refractivity contribution is 8.00. The third kappa shape index (κ3) is 5.51. The molecule has 8 heteroatoms. The number of fused-ring (bicyclic) bond motifs is 1. The van der Waals surface area contributed by atoms with E-state index in [9.17, 15) is 14.0 Å². The number of anilines is 1. The number of nitrogens with zero attached hydrogens (tertiary/aromatic N) is 3. The van der Waals surface area contributed by atoms with E-state index in [4.69, 9.17) is 5.10 Å². The Hall–Kier alpha value is -3.13. The summed E-state index contributed by atoms with van der Waals surface area (Å²) in [5.74, 6) is 0.104. The molecule has 4 rings (SSSR count). The molecule has 1 aliphatic rings. The van der Waals surface area contributed by atoms with Crippen LogP contribution in [0.15, 0.2) is 42.5 Å². The van der Waals surface area contributed by atoms with Crippen LogP contribution < -0.4 is 10.2 Å². The lowest BCUT2D eigenvalue weighted by molar-refractivity contribution is -0.123. The second kappa shape index (κ2) is 10.9. The van der Waals surface area contributed by atoms with Gasteiger partial charge in [-0.25, -0.2) is 9.07 Å². The summed E-state index contributed by atoms with van der Waals surface area (Å²) in [5.41, 5.74) is 5.28. The fourth-order valence-electron chi connectivity index (χ4n) is 4.67. The highest BCUT2D eigenvalue weighted by atomic mass is 32.2. The van der Waals surface area contributed by atoms with Crippen LogP contribution in [0.5, 0.6) is 0 Å². The normalized spacial score (nSPS) is 16.7. The van der Waals surface area contributed by atoms with E-state index in [0.717, 1.165) is 40.1 Å². The van der Waals surface area contributed by atoms with E-state index in [0.29, 0.717) is 5.82 Å². The van der Waals surface area contributed by atoms with Crippen LogP contribution in [0.4, 0.5) is 10.2 Å². The molecule has 0 spiro atoms. The van der Waals surface area contributed by atoms with E-state index < -0.39 is 0 Å². The molecule has 1 aromatic heterocycles. The minimum atomic E-state index is -0.357. The summed E-state index contributed by atoms with van der Waals surface area (Å²) in [6.45, 7) is 14.2. The maximum atomic E-state index is 13.9. The van der Waals surface area contributed by atoms with Gasteiger partial charge in [0.2, 0.25) is 11.8 Å². The summed E-state index contributed by atoms with van der Waals surface area (Å²) < 4.78 is 15.7. The lowest BCUT2D eigenvalue weighted by Gasteiger charge is -2.25. The average molecular weight is 537 g/mol. The molecule has 2 atom stereocenters. The highest BCUT2D eigenvalue weighted by Crippen LogP contribution is 2.48. The highest BCUT2D eigenvalue weighted by Gasteiger charge is 2.40. The van der Waals surface area contributed by atoms with Crippen molar-refractivity contribution in [3.8, 4) is 5.69 Å². The predicted octanol–water partition coefficient (Wildman–Crippen LogP) is 6.01. The summed E-state index contributed by atoms with van der Waals surface area (Å²) in [4.78, 5) is 28.4. The molecule has 1 aliphatic heterocycles. The third-order valence-corrected chi connectivity index (χ3v) is 8.35. The van der Waals surface area contributed by atoms with Gasteiger partial charge in [-0.05, 0) is 62.1 Å². The number of aryl methyl sites for hydroxylation is 1. The lowest BCUT2D eigenvalue weighted by atomic mass is 9.87. The van der Waals surface area contributed by atoms with Gasteiger partial charge in [-0.15, -0.1) is 11.8 Å². The first-order valence-corrected chi connectivity index (χ1v) is 14.1. The van der Waals surface area contributed by atoms with Crippen LogP contribution in [-0.4, -0.2) is 39.9 Å². The number of amides is 2. The van der Waals surface area contributed by atoms with Gasteiger partial charge < -0.3 is 5.32 Å². The molecule has 0 saturated heterocycles. The molecule has 0 aliphatic carbocycles. The number of nitrogens with one attached hydrogen (secondary N) is 1. The van der Waals surface area contributed by atoms with E-state index in [1.165, 1.54) is 23.9 Å². The van der Waals surface area contributed by atoms with Crippen molar-refractivity contribution in [1.82, 2.24) is 15.1 Å². The van der Waals surface area contributed by atoms with Crippen molar-refractivity contribution < 1.29 is 14.0 Å². The van der Waals surface area contributed by atoms with Crippen LogP contribution in [0.1, 0.15) is 74.2 Å². The first-order chi connectivity index (χ1) is 17.9. The Labute approximate surface area is 229 Å². The SMILES string of the molecule is CC[C@@H](C)NC(=O)CN1C(=O)CS[C@H](c2ccc(F)cc2)c2c(C(C)(C)C)nn(-c3cccc(C)c3C)c21. The number of benzene rings is 2. The van der Waals surface area contributed by atoms with Crippen molar-refractivity contribution in [1.29, 1.82) is 0 Å². The molecule has 2 aromatic carbocycles. The van der Waals surface area contributed by atoms with Gasteiger partial charge in [0.1, 0.15) is 18.2 Å². The number of thioether (sulfide) groups is 1. The van der Waals surface area contributed by atoms with Crippen LogP contribution >= 0.6 is 11.8 Å². The van der Waals surface area contributed by atoms with E-state index in [1.807, 2.05) is 50.6 Å². The van der Waals surface area contributed by atoms with Gasteiger partial charge in [0.25, 0.3) is 0 Å². The number of carbonyl (C=O) groups excluding carboxylic acids is 2. The molecule has 1 N–H and O–H groups in total. The number of aromatic nitrogens is 2. The van der Waals surface area contributed by atoms with E-state index in [1.54, 1.807) is 17.0 Å². The summed E-state index contributed by atoms with van der Waals surface area (Å²) in [6.07, 6.45) is 0.794. The molecule has 0 radical (unpaired) electrons. The monoisotopic (exact) mass is 536 g/mol. The average Bonchev–Trinajstić information content (AvgIpc) is 3.19. The summed E-state index contributed by atoms with van der Waals surface area (Å²) in [7, 11) is 0. The van der Waals surface area contributed by atoms with Crippen molar-refractivity contribution in [2.45, 2.75) is 71.6 Å². The summed E-state index contributed by atoms with van der Waals surface area (Å²) >= 11 is 1.49. The van der Waals surface area contributed by atoms with E-state index in [2.05, 4.69) is 26.1 Å². The smallest absolute Gasteiger partial charge is 0.240 e. The maximum Gasteiger partial charge on any atom is 0.240 e. The second-order valence-electron chi connectivity index (χ2n) is 11.1. The number of hydrogen-bond acceptors (Lipinski definition) is 4. The van der Waals surface area contributed by atoms with Crippen LogP contribution in [0.3, 0.4) is 0 Å².